The smallest absolute Gasteiger partial charge is 0.338 e. The van der Waals surface area contributed by atoms with Crippen LogP contribution >= 0.6 is 0 Å². The van der Waals surface area contributed by atoms with E-state index in [1.807, 2.05) is 31.2 Å². The molecule has 0 unspecified atom stereocenters. The maximum Gasteiger partial charge on any atom is 0.338 e. The number of anilines is 1. The number of hydrogen-bond donors (Lipinski definition) is 0. The Balaban J connectivity index is 2.06. The third kappa shape index (κ3) is 2.35. The van der Waals surface area contributed by atoms with E-state index in [0.717, 1.165) is 5.69 Å². The lowest BCUT2D eigenvalue weighted by Crippen LogP contribution is -2.19. The van der Waals surface area contributed by atoms with Crippen LogP contribution in [0.25, 0.3) is 0 Å². The van der Waals surface area contributed by atoms with Crippen molar-refractivity contribution in [3.05, 3.63) is 29.8 Å². The number of benzene rings is 1. The van der Waals surface area contributed by atoms with Gasteiger partial charge >= 0.3 is 5.97 Å². The zero-order valence-electron chi connectivity index (χ0n) is 9.77. The Morgan fingerprint density at radius 3 is 2.50 bits per heavy atom. The summed E-state index contributed by atoms with van der Waals surface area (Å²) < 4.78 is 4.94. The lowest BCUT2D eigenvalue weighted by molar-refractivity contribution is 0.0526. The predicted octanol–water partition coefficient (Wildman–Crippen LogP) is 2.46. The lowest BCUT2D eigenvalue weighted by atomic mass is 10.2. The Kier molecular flexibility index (Phi) is 3.13. The first-order valence-electron chi connectivity index (χ1n) is 5.72. The molecule has 1 aromatic carbocycles. The molecule has 16 heavy (non-hydrogen) atoms. The Morgan fingerprint density at radius 2 is 2.00 bits per heavy atom. The number of carbonyl (C=O) groups excluding carboxylic acids is 1. The van der Waals surface area contributed by atoms with Crippen molar-refractivity contribution in [1.82, 2.24) is 0 Å². The van der Waals surface area contributed by atoms with Crippen molar-refractivity contribution in [3.8, 4) is 0 Å². The Hall–Kier alpha value is -1.51. The van der Waals surface area contributed by atoms with E-state index in [1.165, 1.54) is 12.8 Å². The monoisotopic (exact) mass is 219 g/mol. The second-order valence-electron chi connectivity index (χ2n) is 4.11. The number of esters is 1. The van der Waals surface area contributed by atoms with Gasteiger partial charge in [-0.2, -0.15) is 0 Å². The summed E-state index contributed by atoms with van der Waals surface area (Å²) in [5.41, 5.74) is 1.78. The average Bonchev–Trinajstić information content (AvgIpc) is 3.12. The van der Waals surface area contributed by atoms with Crippen LogP contribution in [0.1, 0.15) is 30.1 Å². The number of nitrogens with zero attached hydrogens (tertiary/aromatic N) is 1. The van der Waals surface area contributed by atoms with Crippen LogP contribution < -0.4 is 4.90 Å². The van der Waals surface area contributed by atoms with E-state index in [2.05, 4.69) is 11.9 Å². The molecule has 1 fully saturated rings. The molecule has 0 aromatic heterocycles. The van der Waals surface area contributed by atoms with Gasteiger partial charge in [0.15, 0.2) is 0 Å². The van der Waals surface area contributed by atoms with Gasteiger partial charge in [-0.25, -0.2) is 4.79 Å². The van der Waals surface area contributed by atoms with Crippen LogP contribution in [0, 0.1) is 0 Å². The fourth-order valence-electron chi connectivity index (χ4n) is 1.72. The fourth-order valence-corrected chi connectivity index (χ4v) is 1.72. The summed E-state index contributed by atoms with van der Waals surface area (Å²) in [7, 11) is 2.09. The summed E-state index contributed by atoms with van der Waals surface area (Å²) in [5, 5.41) is 0. The van der Waals surface area contributed by atoms with Crippen LogP contribution in [0.2, 0.25) is 0 Å². The maximum atomic E-state index is 11.4. The molecule has 1 aliphatic rings. The van der Waals surface area contributed by atoms with E-state index in [9.17, 15) is 4.79 Å². The number of carbonyl (C=O) groups is 1. The molecular formula is C13H17NO2. The van der Waals surface area contributed by atoms with E-state index < -0.39 is 0 Å². The van der Waals surface area contributed by atoms with Crippen LogP contribution in [-0.2, 0) is 4.74 Å². The zero-order chi connectivity index (χ0) is 11.5. The molecule has 3 nitrogen and oxygen atoms in total. The van der Waals surface area contributed by atoms with Crippen LogP contribution in [0.15, 0.2) is 24.3 Å². The van der Waals surface area contributed by atoms with Gasteiger partial charge in [-0.05, 0) is 44.0 Å². The van der Waals surface area contributed by atoms with Crippen molar-refractivity contribution in [2.45, 2.75) is 25.8 Å². The quantitative estimate of drug-likeness (QED) is 0.728. The maximum absolute atomic E-state index is 11.4. The largest absolute Gasteiger partial charge is 0.462 e. The molecule has 0 amide bonds. The summed E-state index contributed by atoms with van der Waals surface area (Å²) in [6.45, 7) is 2.23. The van der Waals surface area contributed by atoms with Gasteiger partial charge in [0.25, 0.3) is 0 Å². The highest BCUT2D eigenvalue weighted by Gasteiger charge is 2.26. The van der Waals surface area contributed by atoms with Gasteiger partial charge in [-0.1, -0.05) is 0 Å². The summed E-state index contributed by atoms with van der Waals surface area (Å²) in [6, 6.07) is 8.29. The molecule has 1 aromatic rings. The predicted molar refractivity (Wildman–Crippen MR) is 63.8 cm³/mol. The van der Waals surface area contributed by atoms with Crippen molar-refractivity contribution in [2.24, 2.45) is 0 Å². The minimum Gasteiger partial charge on any atom is -0.462 e. The van der Waals surface area contributed by atoms with Gasteiger partial charge in [0.05, 0.1) is 12.2 Å². The van der Waals surface area contributed by atoms with Crippen molar-refractivity contribution >= 4 is 11.7 Å². The highest BCUT2D eigenvalue weighted by atomic mass is 16.5. The van der Waals surface area contributed by atoms with Crippen LogP contribution in [0.5, 0.6) is 0 Å². The van der Waals surface area contributed by atoms with Crippen LogP contribution in [-0.4, -0.2) is 25.7 Å². The normalized spacial score (nSPS) is 14.6. The molecule has 0 aliphatic heterocycles. The number of hydrogen-bond acceptors (Lipinski definition) is 3. The Labute approximate surface area is 96.0 Å². The van der Waals surface area contributed by atoms with E-state index in [4.69, 9.17) is 4.74 Å². The van der Waals surface area contributed by atoms with Crippen molar-refractivity contribution < 1.29 is 9.53 Å². The van der Waals surface area contributed by atoms with Crippen molar-refractivity contribution in [3.63, 3.8) is 0 Å². The zero-order valence-corrected chi connectivity index (χ0v) is 9.77. The topological polar surface area (TPSA) is 29.5 Å². The van der Waals surface area contributed by atoms with Gasteiger partial charge in [-0.3, -0.25) is 0 Å². The molecule has 0 radical (unpaired) electrons. The van der Waals surface area contributed by atoms with Gasteiger partial charge in [-0.15, -0.1) is 0 Å². The molecular weight excluding hydrogens is 202 g/mol. The van der Waals surface area contributed by atoms with E-state index in [-0.39, 0.29) is 5.97 Å². The van der Waals surface area contributed by atoms with Crippen LogP contribution in [0.4, 0.5) is 5.69 Å². The summed E-state index contributed by atoms with van der Waals surface area (Å²) in [6.07, 6.45) is 2.55. The van der Waals surface area contributed by atoms with E-state index in [1.54, 1.807) is 0 Å². The summed E-state index contributed by atoms with van der Waals surface area (Å²) in [5.74, 6) is -0.247. The Bertz CT molecular complexity index is 368. The molecule has 0 N–H and O–H groups in total. The molecule has 86 valence electrons. The van der Waals surface area contributed by atoms with Crippen molar-refractivity contribution in [2.75, 3.05) is 18.6 Å². The second kappa shape index (κ2) is 4.56. The molecule has 0 spiro atoms. The minimum atomic E-state index is -0.247. The second-order valence-corrected chi connectivity index (χ2v) is 4.11. The van der Waals surface area contributed by atoms with Crippen molar-refractivity contribution in [1.29, 1.82) is 0 Å². The molecule has 0 heterocycles. The first-order chi connectivity index (χ1) is 7.72. The number of ether oxygens (including phenoxy) is 1. The first-order valence-corrected chi connectivity index (χ1v) is 5.72. The molecule has 0 bridgehead atoms. The Morgan fingerprint density at radius 1 is 1.38 bits per heavy atom. The summed E-state index contributed by atoms with van der Waals surface area (Å²) in [4.78, 5) is 13.7. The molecule has 1 aliphatic carbocycles. The standard InChI is InChI=1S/C13H17NO2/c1-3-16-13(15)10-4-6-11(7-5-10)14(2)12-8-9-12/h4-7,12H,3,8-9H2,1-2H3. The summed E-state index contributed by atoms with van der Waals surface area (Å²) >= 11 is 0. The molecule has 0 atom stereocenters. The molecule has 3 heteroatoms. The first kappa shape index (κ1) is 11.0. The fraction of sp³-hybridized carbons (Fsp3) is 0.462. The third-order valence-electron chi connectivity index (χ3n) is 2.88. The average molecular weight is 219 g/mol. The van der Waals surface area contributed by atoms with Crippen LogP contribution in [0.3, 0.4) is 0 Å². The van der Waals surface area contributed by atoms with E-state index >= 15 is 0 Å². The molecule has 2 rings (SSSR count). The highest BCUT2D eigenvalue weighted by molar-refractivity contribution is 5.89. The molecule has 1 saturated carbocycles. The van der Waals surface area contributed by atoms with E-state index in [0.29, 0.717) is 18.2 Å². The third-order valence-corrected chi connectivity index (χ3v) is 2.88. The minimum absolute atomic E-state index is 0.247. The SMILES string of the molecule is CCOC(=O)c1ccc(N(C)C2CC2)cc1. The van der Waals surface area contributed by atoms with Gasteiger partial charge in [0, 0.05) is 18.8 Å². The highest BCUT2D eigenvalue weighted by Crippen LogP contribution is 2.30. The number of rotatable bonds is 4. The van der Waals surface area contributed by atoms with Gasteiger partial charge in [0.1, 0.15) is 0 Å². The van der Waals surface area contributed by atoms with Gasteiger partial charge < -0.3 is 9.64 Å². The molecule has 0 saturated heterocycles. The van der Waals surface area contributed by atoms with Gasteiger partial charge in [0.2, 0.25) is 0 Å². The lowest BCUT2D eigenvalue weighted by Gasteiger charge is -2.18.